The number of carbonyl (C=O) groups is 1. The van der Waals surface area contributed by atoms with Gasteiger partial charge in [0, 0.05) is 43.2 Å². The van der Waals surface area contributed by atoms with Gasteiger partial charge in [-0.3, -0.25) is 4.79 Å². The third-order valence-electron chi connectivity index (χ3n) is 5.25. The number of benzene rings is 1. The van der Waals surface area contributed by atoms with Gasteiger partial charge in [0.25, 0.3) is 0 Å². The summed E-state index contributed by atoms with van der Waals surface area (Å²) in [5.74, 6) is 0.668. The quantitative estimate of drug-likeness (QED) is 0.543. The highest BCUT2D eigenvalue weighted by atomic mass is 35.5. The van der Waals surface area contributed by atoms with Crippen LogP contribution in [0.25, 0.3) is 0 Å². The van der Waals surface area contributed by atoms with Crippen molar-refractivity contribution in [1.82, 2.24) is 14.9 Å². The Morgan fingerprint density at radius 3 is 2.80 bits per heavy atom. The number of ether oxygens (including phenoxy) is 1. The molecule has 0 radical (unpaired) electrons. The van der Waals surface area contributed by atoms with Crippen molar-refractivity contribution in [2.24, 2.45) is 0 Å². The van der Waals surface area contributed by atoms with Crippen molar-refractivity contribution < 1.29 is 13.9 Å². The van der Waals surface area contributed by atoms with Crippen molar-refractivity contribution in [3.63, 3.8) is 0 Å². The van der Waals surface area contributed by atoms with Crippen LogP contribution in [0.5, 0.6) is 11.6 Å². The Labute approximate surface area is 182 Å². The van der Waals surface area contributed by atoms with Gasteiger partial charge in [0.05, 0.1) is 0 Å². The molecule has 1 aromatic heterocycles. The first-order chi connectivity index (χ1) is 14.5. The fraction of sp³-hybridized carbons (Fsp3) is 0.500. The lowest BCUT2D eigenvalue weighted by molar-refractivity contribution is -0.133. The van der Waals surface area contributed by atoms with Gasteiger partial charge in [-0.2, -0.15) is 0 Å². The molecule has 1 aromatic carbocycles. The summed E-state index contributed by atoms with van der Waals surface area (Å²) >= 11 is 5.78. The number of anilines is 1. The SMILES string of the molecule is CCCCCCC(=O)N1CCN(c2cc(Oc3ccc(Cl)cc3F)ncn2)C[C@H]1C. The zero-order chi connectivity index (χ0) is 21.5. The van der Waals surface area contributed by atoms with E-state index in [4.69, 9.17) is 16.3 Å². The molecular weight excluding hydrogens is 407 g/mol. The third kappa shape index (κ3) is 5.81. The summed E-state index contributed by atoms with van der Waals surface area (Å²) in [4.78, 5) is 25.0. The molecule has 1 fully saturated rings. The van der Waals surface area contributed by atoms with Gasteiger partial charge in [-0.25, -0.2) is 14.4 Å². The summed E-state index contributed by atoms with van der Waals surface area (Å²) in [6.07, 6.45) is 6.41. The Kier molecular flexibility index (Phi) is 7.85. The summed E-state index contributed by atoms with van der Waals surface area (Å²) in [6, 6.07) is 5.99. The molecule has 2 aromatic rings. The molecule has 0 spiro atoms. The molecule has 0 aliphatic carbocycles. The highest BCUT2D eigenvalue weighted by Gasteiger charge is 2.28. The number of halogens is 2. The van der Waals surface area contributed by atoms with Crippen LogP contribution in [0.4, 0.5) is 10.2 Å². The van der Waals surface area contributed by atoms with Gasteiger partial charge >= 0.3 is 0 Å². The Morgan fingerprint density at radius 2 is 2.07 bits per heavy atom. The van der Waals surface area contributed by atoms with E-state index < -0.39 is 5.82 Å². The molecule has 2 heterocycles. The Morgan fingerprint density at radius 1 is 1.23 bits per heavy atom. The lowest BCUT2D eigenvalue weighted by Gasteiger charge is -2.40. The summed E-state index contributed by atoms with van der Waals surface area (Å²) in [6.45, 7) is 6.22. The molecule has 0 N–H and O–H groups in total. The maximum absolute atomic E-state index is 14.0. The molecule has 0 unspecified atom stereocenters. The van der Waals surface area contributed by atoms with Crippen LogP contribution in [0, 0.1) is 5.82 Å². The Hall–Kier alpha value is -2.41. The highest BCUT2D eigenvalue weighted by molar-refractivity contribution is 6.30. The van der Waals surface area contributed by atoms with E-state index in [1.807, 2.05) is 4.90 Å². The van der Waals surface area contributed by atoms with Crippen molar-refractivity contribution >= 4 is 23.3 Å². The van der Waals surface area contributed by atoms with Gasteiger partial charge in [-0.1, -0.05) is 37.8 Å². The number of hydrogen-bond donors (Lipinski definition) is 0. The van der Waals surface area contributed by atoms with Crippen LogP contribution in [0.3, 0.4) is 0 Å². The molecule has 162 valence electrons. The third-order valence-corrected chi connectivity index (χ3v) is 5.49. The molecule has 1 aliphatic rings. The predicted octanol–water partition coefficient (Wildman–Crippen LogP) is 5.07. The first-order valence-corrected chi connectivity index (χ1v) is 10.8. The molecular formula is C22H28ClFN4O2. The number of nitrogens with zero attached hydrogens (tertiary/aromatic N) is 4. The molecule has 1 saturated heterocycles. The van der Waals surface area contributed by atoms with Crippen molar-refractivity contribution in [2.45, 2.75) is 52.0 Å². The molecule has 1 atom stereocenters. The second-order valence-corrected chi connectivity index (χ2v) is 8.02. The minimum atomic E-state index is -0.553. The van der Waals surface area contributed by atoms with Crippen molar-refractivity contribution in [3.8, 4) is 11.6 Å². The number of amides is 1. The molecule has 6 nitrogen and oxygen atoms in total. The minimum absolute atomic E-state index is 0.0518. The zero-order valence-electron chi connectivity index (χ0n) is 17.5. The van der Waals surface area contributed by atoms with E-state index in [0.29, 0.717) is 36.9 Å². The smallest absolute Gasteiger partial charge is 0.224 e. The number of hydrogen-bond acceptors (Lipinski definition) is 5. The van der Waals surface area contributed by atoms with Crippen LogP contribution in [-0.4, -0.2) is 46.5 Å². The van der Waals surface area contributed by atoms with Crippen LogP contribution in [0.2, 0.25) is 5.02 Å². The Bertz CT molecular complexity index is 867. The first kappa shape index (κ1) is 22.3. The topological polar surface area (TPSA) is 58.6 Å². The molecule has 0 bridgehead atoms. The van der Waals surface area contributed by atoms with Crippen LogP contribution >= 0.6 is 11.6 Å². The van der Waals surface area contributed by atoms with Gasteiger partial charge in [0.2, 0.25) is 11.8 Å². The van der Waals surface area contributed by atoms with E-state index in [-0.39, 0.29) is 23.6 Å². The normalized spacial score (nSPS) is 16.6. The van der Waals surface area contributed by atoms with Crippen LogP contribution in [0.15, 0.2) is 30.6 Å². The van der Waals surface area contributed by atoms with E-state index >= 15 is 0 Å². The summed E-state index contributed by atoms with van der Waals surface area (Å²) in [5, 5.41) is 0.301. The fourth-order valence-corrected chi connectivity index (χ4v) is 3.77. The number of carbonyl (C=O) groups excluding carboxylic acids is 1. The van der Waals surface area contributed by atoms with Crippen molar-refractivity contribution in [2.75, 3.05) is 24.5 Å². The van der Waals surface area contributed by atoms with E-state index in [9.17, 15) is 9.18 Å². The lowest BCUT2D eigenvalue weighted by Crippen LogP contribution is -2.54. The van der Waals surface area contributed by atoms with Gasteiger partial charge < -0.3 is 14.5 Å². The van der Waals surface area contributed by atoms with Crippen molar-refractivity contribution in [1.29, 1.82) is 0 Å². The van der Waals surface area contributed by atoms with Crippen LogP contribution < -0.4 is 9.64 Å². The number of unbranched alkanes of at least 4 members (excludes halogenated alkanes) is 3. The van der Waals surface area contributed by atoms with Gasteiger partial charge in [0.1, 0.15) is 12.1 Å². The van der Waals surface area contributed by atoms with E-state index in [2.05, 4.69) is 28.7 Å². The van der Waals surface area contributed by atoms with Gasteiger partial charge in [0.15, 0.2) is 11.6 Å². The second kappa shape index (κ2) is 10.6. The standard InChI is InChI=1S/C22H28ClFN4O2/c1-3-4-5-6-7-22(29)28-11-10-27(14-16(28)2)20-13-21(26-15-25-20)30-19-9-8-17(23)12-18(19)24/h8-9,12-13,15-16H,3-7,10-11,14H2,1-2H3/t16-/m1/s1. The van der Waals surface area contributed by atoms with Gasteiger partial charge in [-0.15, -0.1) is 0 Å². The number of rotatable bonds is 8. The van der Waals surface area contributed by atoms with Gasteiger partial charge in [-0.05, 0) is 31.5 Å². The average molecular weight is 435 g/mol. The lowest BCUT2D eigenvalue weighted by atomic mass is 10.1. The monoisotopic (exact) mass is 434 g/mol. The first-order valence-electron chi connectivity index (χ1n) is 10.5. The van der Waals surface area contributed by atoms with E-state index in [1.165, 1.54) is 31.3 Å². The second-order valence-electron chi connectivity index (χ2n) is 7.58. The molecule has 30 heavy (non-hydrogen) atoms. The van der Waals surface area contributed by atoms with E-state index in [0.717, 1.165) is 12.8 Å². The predicted molar refractivity (Wildman–Crippen MR) is 116 cm³/mol. The van der Waals surface area contributed by atoms with E-state index in [1.54, 1.807) is 12.1 Å². The summed E-state index contributed by atoms with van der Waals surface area (Å²) in [5.41, 5.74) is 0. The van der Waals surface area contributed by atoms with Crippen LogP contribution in [0.1, 0.15) is 46.0 Å². The van der Waals surface area contributed by atoms with Crippen LogP contribution in [-0.2, 0) is 4.79 Å². The molecule has 1 aliphatic heterocycles. The molecule has 1 amide bonds. The average Bonchev–Trinajstić information content (AvgIpc) is 2.73. The number of aromatic nitrogens is 2. The highest BCUT2D eigenvalue weighted by Crippen LogP contribution is 2.27. The van der Waals surface area contributed by atoms with Crippen molar-refractivity contribution in [3.05, 3.63) is 41.4 Å². The molecule has 8 heteroatoms. The number of piperazine rings is 1. The maximum Gasteiger partial charge on any atom is 0.224 e. The minimum Gasteiger partial charge on any atom is -0.436 e. The fourth-order valence-electron chi connectivity index (χ4n) is 3.61. The maximum atomic E-state index is 14.0. The summed E-state index contributed by atoms with van der Waals surface area (Å²) < 4.78 is 19.6. The molecule has 0 saturated carbocycles. The summed E-state index contributed by atoms with van der Waals surface area (Å²) in [7, 11) is 0. The zero-order valence-corrected chi connectivity index (χ0v) is 18.2. The largest absolute Gasteiger partial charge is 0.436 e. The molecule has 3 rings (SSSR count). The Balaban J connectivity index is 1.60.